The van der Waals surface area contributed by atoms with Crippen LogP contribution in [0, 0.1) is 51.8 Å². The minimum Gasteiger partial charge on any atom is -0.462 e. The molecule has 0 aliphatic heterocycles. The maximum atomic E-state index is 15.2. The lowest BCUT2D eigenvalue weighted by molar-refractivity contribution is -0.243. The summed E-state index contributed by atoms with van der Waals surface area (Å²) in [6.45, 7) is 43.5. The number of allylic oxidation sites excluding steroid dienone is 1. The van der Waals surface area contributed by atoms with Crippen molar-refractivity contribution in [2.45, 2.75) is 225 Å². The molecule has 0 aromatic heterocycles. The van der Waals surface area contributed by atoms with Gasteiger partial charge in [0.15, 0.2) is 8.32 Å². The minimum atomic E-state index is -2.30. The summed E-state index contributed by atoms with van der Waals surface area (Å²) in [6.07, 6.45) is 10.1. The SMILES string of the molecule is C=C(C)[C@@H]1CC[C@H]([C@@H]2CC[C@@H]3C2=C[C@]2(C=O)[C@@H]4CC[C@@]2([C@H]3O[Si](CC)(CC)CC)[C@@H](OCOCC[Si](C)(C)C)[C@]42CC[C@@H](C(C)(C)OCOCC[Si](C)(C)C)[C@@H]2OCOCC[Si](C)(C)C)[C@@H]1OC(C)=O. The Morgan fingerprint density at radius 3 is 1.81 bits per heavy atom. The average Bonchev–Trinajstić information content (AvgIpc) is 4.07. The Kier molecular flexibility index (Phi) is 19.1. The van der Waals surface area contributed by atoms with Crippen molar-refractivity contribution in [3.05, 3.63) is 23.8 Å². The molecule has 0 radical (unpaired) electrons. The van der Waals surface area contributed by atoms with Crippen molar-refractivity contribution in [1.29, 1.82) is 0 Å². The lowest BCUT2D eigenvalue weighted by atomic mass is 9.55. The molecule has 5 saturated carbocycles. The van der Waals surface area contributed by atoms with Crippen molar-refractivity contribution in [1.82, 2.24) is 0 Å². The molecule has 13 atom stereocenters. The average molecular weight is 1050 g/mol. The molecule has 6 aliphatic rings. The minimum absolute atomic E-state index is 0.0224. The molecule has 0 heterocycles. The van der Waals surface area contributed by atoms with Gasteiger partial charge in [0, 0.05) is 85.5 Å². The van der Waals surface area contributed by atoms with Gasteiger partial charge < -0.3 is 42.4 Å². The summed E-state index contributed by atoms with van der Waals surface area (Å²) < 4.78 is 55.6. The molecule has 0 amide bonds. The van der Waals surface area contributed by atoms with E-state index in [4.69, 9.17) is 37.6 Å². The third-order valence-corrected chi connectivity index (χ3v) is 28.9. The molecule has 0 aromatic rings. The highest BCUT2D eigenvalue weighted by atomic mass is 28.4. The summed E-state index contributed by atoms with van der Waals surface area (Å²) in [7, 11) is -6.31. The zero-order valence-electron chi connectivity index (χ0n) is 47.4. The second-order valence-electron chi connectivity index (χ2n) is 27.3. The van der Waals surface area contributed by atoms with Gasteiger partial charge in [0.1, 0.15) is 32.8 Å². The third kappa shape index (κ3) is 11.8. The van der Waals surface area contributed by atoms with E-state index in [-0.39, 0.29) is 86.3 Å². The van der Waals surface area contributed by atoms with E-state index >= 15 is 4.79 Å². The van der Waals surface area contributed by atoms with Gasteiger partial charge in [-0.05, 0) is 120 Å². The molecule has 10 nitrogen and oxygen atoms in total. The number of esters is 1. The smallest absolute Gasteiger partial charge is 0.302 e. The summed E-state index contributed by atoms with van der Waals surface area (Å²) in [5, 5.41) is 0. The van der Waals surface area contributed by atoms with Crippen LogP contribution >= 0.6 is 0 Å². The molecule has 14 heteroatoms. The molecule has 6 aliphatic carbocycles. The number of aldehydes is 1. The standard InChI is InChI=1S/C56H102O10Si4/c1-18-70(19-2,20-3)66-50-45-24-22-43(44-23-21-42(40(4)5)49(44)65-41(6)58)46(45)35-54(36-57)48-26-28-56(50,54)52(63-38-60-30-33-68(12,13)14)55(48)27-25-47(51(55)62-37-59-29-32-67(9,10)11)53(7,8)64-39-61-31-34-69(15,16)17/h35-36,42-45,47-52H,4,18-34,37-39H2,1-3,5-17H3/t42-,43-,44+,45+,47+,48-,49+,50-,51-,52-,54-,55+,56+/m0/s1. The van der Waals surface area contributed by atoms with Crippen molar-refractivity contribution in [3.8, 4) is 0 Å². The van der Waals surface area contributed by atoms with Gasteiger partial charge in [-0.25, -0.2) is 0 Å². The molecular formula is C56H102O10Si4. The van der Waals surface area contributed by atoms with Gasteiger partial charge in [0.2, 0.25) is 0 Å². The topological polar surface area (TPSA) is 108 Å². The van der Waals surface area contributed by atoms with Gasteiger partial charge in [-0.1, -0.05) is 103 Å². The van der Waals surface area contributed by atoms with E-state index in [2.05, 4.69) is 113 Å². The highest BCUT2D eigenvalue weighted by Gasteiger charge is 2.85. The Bertz CT molecular complexity index is 1810. The summed E-state index contributed by atoms with van der Waals surface area (Å²) in [5.41, 5.74) is -0.232. The van der Waals surface area contributed by atoms with Crippen molar-refractivity contribution in [2.75, 3.05) is 40.2 Å². The van der Waals surface area contributed by atoms with Crippen LogP contribution in [0.3, 0.4) is 0 Å². The molecular weight excluding hydrogens is 945 g/mol. The largest absolute Gasteiger partial charge is 0.462 e. The number of carbonyl (C=O) groups is 2. The quantitative estimate of drug-likeness (QED) is 0.0188. The van der Waals surface area contributed by atoms with Crippen molar-refractivity contribution in [3.63, 3.8) is 0 Å². The third-order valence-electron chi connectivity index (χ3n) is 19.2. The van der Waals surface area contributed by atoms with E-state index in [0.29, 0.717) is 19.8 Å². The second kappa shape index (κ2) is 22.8. The van der Waals surface area contributed by atoms with Crippen LogP contribution in [0.1, 0.15) is 99.8 Å². The Labute approximate surface area is 430 Å². The lowest BCUT2D eigenvalue weighted by Crippen LogP contribution is -2.63. The summed E-state index contributed by atoms with van der Waals surface area (Å²) in [4.78, 5) is 28.0. The van der Waals surface area contributed by atoms with Crippen LogP contribution < -0.4 is 0 Å². The Morgan fingerprint density at radius 2 is 1.29 bits per heavy atom. The van der Waals surface area contributed by atoms with E-state index in [9.17, 15) is 4.79 Å². The molecule has 402 valence electrons. The van der Waals surface area contributed by atoms with Crippen LogP contribution in [0.2, 0.25) is 95.2 Å². The fraction of sp³-hybridized carbons (Fsp3) is 0.893. The van der Waals surface area contributed by atoms with Gasteiger partial charge in [-0.15, -0.1) is 0 Å². The predicted octanol–water partition coefficient (Wildman–Crippen LogP) is 13.4. The molecule has 0 aromatic carbocycles. The normalized spacial score (nSPS) is 35.3. The molecule has 2 bridgehead atoms. The van der Waals surface area contributed by atoms with Crippen molar-refractivity contribution in [2.24, 2.45) is 51.8 Å². The maximum Gasteiger partial charge on any atom is 0.302 e. The first-order valence-corrected chi connectivity index (χ1v) is 41.7. The van der Waals surface area contributed by atoms with E-state index in [1.165, 1.54) is 11.9 Å². The molecule has 70 heavy (non-hydrogen) atoms. The van der Waals surface area contributed by atoms with E-state index < -0.39 is 54.4 Å². The fourth-order valence-corrected chi connectivity index (χ4v) is 20.3. The highest BCUT2D eigenvalue weighted by molar-refractivity contribution is 6.77. The van der Waals surface area contributed by atoms with Gasteiger partial charge in [-0.2, -0.15) is 0 Å². The molecule has 0 unspecified atom stereocenters. The number of hydrogen-bond acceptors (Lipinski definition) is 10. The Hall–Kier alpha value is -0.792. The molecule has 0 N–H and O–H groups in total. The fourth-order valence-electron chi connectivity index (χ4n) is 15.1. The Balaban J connectivity index is 1.52. The second-order valence-corrected chi connectivity index (χ2v) is 48.9. The molecule has 5 fully saturated rings. The lowest BCUT2D eigenvalue weighted by Gasteiger charge is -2.56. The first kappa shape index (κ1) is 58.5. The van der Waals surface area contributed by atoms with Crippen LogP contribution in [0.25, 0.3) is 0 Å². The number of fused-ring (bicyclic) bond motifs is 2. The first-order valence-electron chi connectivity index (χ1n) is 28.0. The number of ether oxygens (including phenoxy) is 7. The number of rotatable bonds is 28. The van der Waals surface area contributed by atoms with Crippen LogP contribution in [0.5, 0.6) is 0 Å². The zero-order chi connectivity index (χ0) is 51.7. The number of carbonyl (C=O) groups excluding carboxylic acids is 2. The van der Waals surface area contributed by atoms with Crippen molar-refractivity contribution < 1.29 is 47.2 Å². The zero-order valence-corrected chi connectivity index (χ0v) is 51.4. The summed E-state index contributed by atoms with van der Waals surface area (Å²) >= 11 is 0. The van der Waals surface area contributed by atoms with Crippen LogP contribution in [0.4, 0.5) is 0 Å². The van der Waals surface area contributed by atoms with E-state index in [0.717, 1.165) is 93.2 Å². The van der Waals surface area contributed by atoms with Gasteiger partial charge in [0.05, 0.1) is 29.3 Å². The van der Waals surface area contributed by atoms with Gasteiger partial charge >= 0.3 is 5.97 Å². The molecule has 0 saturated heterocycles. The van der Waals surface area contributed by atoms with Crippen LogP contribution in [0.15, 0.2) is 23.8 Å². The predicted molar refractivity (Wildman–Crippen MR) is 294 cm³/mol. The van der Waals surface area contributed by atoms with Gasteiger partial charge in [-0.3, -0.25) is 4.79 Å². The van der Waals surface area contributed by atoms with Crippen LogP contribution in [-0.4, -0.2) is 115 Å². The van der Waals surface area contributed by atoms with Crippen molar-refractivity contribution >= 4 is 44.8 Å². The monoisotopic (exact) mass is 1050 g/mol. The molecule has 1 spiro atoms. The summed E-state index contributed by atoms with van der Waals surface area (Å²) in [5.74, 6) is 0.253. The number of hydrogen-bond donors (Lipinski definition) is 0. The van der Waals surface area contributed by atoms with Crippen LogP contribution in [-0.2, 0) is 47.2 Å². The Morgan fingerprint density at radius 1 is 0.729 bits per heavy atom. The summed E-state index contributed by atoms with van der Waals surface area (Å²) in [6, 6.07) is 6.23. The van der Waals surface area contributed by atoms with Gasteiger partial charge in [0.25, 0.3) is 0 Å². The van der Waals surface area contributed by atoms with E-state index in [1.807, 2.05) is 0 Å². The maximum absolute atomic E-state index is 15.2. The first-order chi connectivity index (χ1) is 32.7. The molecule has 6 rings (SSSR count). The van der Waals surface area contributed by atoms with E-state index in [1.54, 1.807) is 6.92 Å². The highest BCUT2D eigenvalue weighted by Crippen LogP contribution is 2.82.